The van der Waals surface area contributed by atoms with Gasteiger partial charge in [-0.1, -0.05) is 6.08 Å². The number of anilines is 1. The first kappa shape index (κ1) is 13.3. The Morgan fingerprint density at radius 2 is 2.12 bits per heavy atom. The smallest absolute Gasteiger partial charge is 0.248 e. The quantitative estimate of drug-likeness (QED) is 0.792. The summed E-state index contributed by atoms with van der Waals surface area (Å²) in [4.78, 5) is 10.8. The molecule has 0 saturated carbocycles. The third-order valence-corrected chi connectivity index (χ3v) is 2.76. The molecule has 0 saturated heterocycles. The second-order valence-electron chi connectivity index (χ2n) is 3.18. The molecule has 1 rings (SSSR count). The maximum atomic E-state index is 13.4. The van der Waals surface area contributed by atoms with E-state index in [1.54, 1.807) is 6.92 Å². The Labute approximate surface area is 98.2 Å². The van der Waals surface area contributed by atoms with Gasteiger partial charge in [0.1, 0.15) is 5.82 Å². The fraction of sp³-hybridized carbons (Fsp3) is 0.100. The number of primary sulfonamides is 1. The van der Waals surface area contributed by atoms with Gasteiger partial charge in [0, 0.05) is 0 Å². The summed E-state index contributed by atoms with van der Waals surface area (Å²) in [5.74, 6) is -1.37. The second kappa shape index (κ2) is 5.07. The highest BCUT2D eigenvalue weighted by Gasteiger charge is 2.12. The predicted molar refractivity (Wildman–Crippen MR) is 61.2 cm³/mol. The number of amides is 1. The van der Waals surface area contributed by atoms with E-state index in [2.05, 4.69) is 5.32 Å². The Bertz CT molecular complexity index is 567. The van der Waals surface area contributed by atoms with Crippen molar-refractivity contribution in [2.45, 2.75) is 11.8 Å². The lowest BCUT2D eigenvalue weighted by molar-refractivity contribution is -0.111. The van der Waals surface area contributed by atoms with Crippen molar-refractivity contribution >= 4 is 21.6 Å². The standard InChI is InChI=1S/C10H11FN2O3S/c1-2-3-10(14)13-9-5-4-7(6-8(9)11)17(12,15)16/h2-6H,1H3,(H,13,14)(H2,12,15,16)/b3-2+. The van der Waals surface area contributed by atoms with Crippen LogP contribution in [0.3, 0.4) is 0 Å². The van der Waals surface area contributed by atoms with Crippen molar-refractivity contribution in [1.29, 1.82) is 0 Å². The number of allylic oxidation sites excluding steroid dienone is 1. The minimum Gasteiger partial charge on any atom is -0.320 e. The molecule has 0 aliphatic carbocycles. The number of nitrogens with two attached hydrogens (primary N) is 1. The van der Waals surface area contributed by atoms with Gasteiger partial charge in [-0.2, -0.15) is 0 Å². The summed E-state index contributed by atoms with van der Waals surface area (Å²) in [6.07, 6.45) is 2.71. The molecule has 0 heterocycles. The fourth-order valence-corrected chi connectivity index (χ4v) is 1.63. The second-order valence-corrected chi connectivity index (χ2v) is 4.74. The molecule has 0 aliphatic rings. The molecule has 0 bridgehead atoms. The third-order valence-electron chi connectivity index (χ3n) is 1.84. The highest BCUT2D eigenvalue weighted by Crippen LogP contribution is 2.18. The van der Waals surface area contributed by atoms with Crippen LogP contribution in [-0.4, -0.2) is 14.3 Å². The van der Waals surface area contributed by atoms with Crippen LogP contribution in [0.2, 0.25) is 0 Å². The van der Waals surface area contributed by atoms with Gasteiger partial charge >= 0.3 is 0 Å². The lowest BCUT2D eigenvalue weighted by Crippen LogP contribution is -2.14. The molecule has 17 heavy (non-hydrogen) atoms. The Kier molecular flexibility index (Phi) is 3.97. The van der Waals surface area contributed by atoms with Crippen molar-refractivity contribution in [3.8, 4) is 0 Å². The summed E-state index contributed by atoms with van der Waals surface area (Å²) >= 11 is 0. The van der Waals surface area contributed by atoms with E-state index < -0.39 is 21.7 Å². The number of hydrogen-bond acceptors (Lipinski definition) is 3. The van der Waals surface area contributed by atoms with E-state index in [4.69, 9.17) is 5.14 Å². The average molecular weight is 258 g/mol. The Morgan fingerprint density at radius 1 is 1.47 bits per heavy atom. The SMILES string of the molecule is C/C=C/C(=O)Nc1ccc(S(N)(=O)=O)cc1F. The number of carbonyl (C=O) groups excluding carboxylic acids is 1. The van der Waals surface area contributed by atoms with Gasteiger partial charge in [0.25, 0.3) is 0 Å². The molecular weight excluding hydrogens is 247 g/mol. The summed E-state index contributed by atoms with van der Waals surface area (Å²) < 4.78 is 35.3. The van der Waals surface area contributed by atoms with Crippen LogP contribution in [0.4, 0.5) is 10.1 Å². The van der Waals surface area contributed by atoms with E-state index in [0.717, 1.165) is 18.2 Å². The first-order valence-electron chi connectivity index (χ1n) is 4.60. The van der Waals surface area contributed by atoms with Crippen LogP contribution in [0.15, 0.2) is 35.2 Å². The normalized spacial score (nSPS) is 11.7. The van der Waals surface area contributed by atoms with Crippen molar-refractivity contribution in [2.24, 2.45) is 5.14 Å². The molecule has 0 aromatic heterocycles. The molecular formula is C10H11FN2O3S. The van der Waals surface area contributed by atoms with Crippen LogP contribution < -0.4 is 10.5 Å². The molecule has 5 nitrogen and oxygen atoms in total. The predicted octanol–water partition coefficient (Wildman–Crippen LogP) is 0.988. The van der Waals surface area contributed by atoms with Crippen molar-refractivity contribution in [3.05, 3.63) is 36.2 Å². The molecule has 0 radical (unpaired) electrons. The van der Waals surface area contributed by atoms with Crippen LogP contribution >= 0.6 is 0 Å². The summed E-state index contributed by atoms with van der Waals surface area (Å²) in [6.45, 7) is 1.64. The van der Waals surface area contributed by atoms with Crippen LogP contribution in [0, 0.1) is 5.82 Å². The third kappa shape index (κ3) is 3.65. The number of rotatable bonds is 3. The molecule has 0 atom stereocenters. The van der Waals surface area contributed by atoms with Gasteiger partial charge in [0.2, 0.25) is 15.9 Å². The molecule has 0 unspecified atom stereocenters. The lowest BCUT2D eigenvalue weighted by Gasteiger charge is -2.05. The van der Waals surface area contributed by atoms with Crippen LogP contribution in [-0.2, 0) is 14.8 Å². The summed E-state index contributed by atoms with van der Waals surface area (Å²) in [6, 6.07) is 3.00. The van der Waals surface area contributed by atoms with Gasteiger partial charge in [0.05, 0.1) is 10.6 Å². The lowest BCUT2D eigenvalue weighted by atomic mass is 10.3. The molecule has 0 aliphatic heterocycles. The van der Waals surface area contributed by atoms with Gasteiger partial charge in [-0.05, 0) is 31.2 Å². The summed E-state index contributed by atoms with van der Waals surface area (Å²) in [5, 5.41) is 7.09. The molecule has 1 aromatic rings. The number of carbonyl (C=O) groups is 1. The molecule has 0 spiro atoms. The maximum absolute atomic E-state index is 13.4. The Balaban J connectivity index is 3.03. The van der Waals surface area contributed by atoms with E-state index >= 15 is 0 Å². The fourth-order valence-electron chi connectivity index (χ4n) is 1.10. The Morgan fingerprint density at radius 3 is 2.59 bits per heavy atom. The molecule has 3 N–H and O–H groups in total. The minimum atomic E-state index is -3.95. The zero-order chi connectivity index (χ0) is 13.1. The molecule has 92 valence electrons. The van der Waals surface area contributed by atoms with Crippen LogP contribution in [0.1, 0.15) is 6.92 Å². The van der Waals surface area contributed by atoms with Crippen molar-refractivity contribution in [3.63, 3.8) is 0 Å². The van der Waals surface area contributed by atoms with E-state index in [1.165, 1.54) is 12.2 Å². The van der Waals surface area contributed by atoms with Crippen LogP contribution in [0.25, 0.3) is 0 Å². The molecule has 7 heteroatoms. The minimum absolute atomic E-state index is 0.111. The zero-order valence-electron chi connectivity index (χ0n) is 8.98. The van der Waals surface area contributed by atoms with Crippen molar-refractivity contribution in [2.75, 3.05) is 5.32 Å². The number of benzene rings is 1. The van der Waals surface area contributed by atoms with Gasteiger partial charge < -0.3 is 5.32 Å². The van der Waals surface area contributed by atoms with Gasteiger partial charge in [-0.15, -0.1) is 0 Å². The van der Waals surface area contributed by atoms with E-state index in [0.29, 0.717) is 0 Å². The van der Waals surface area contributed by atoms with E-state index in [-0.39, 0.29) is 10.6 Å². The van der Waals surface area contributed by atoms with E-state index in [1.807, 2.05) is 0 Å². The number of nitrogens with one attached hydrogen (secondary N) is 1. The van der Waals surface area contributed by atoms with E-state index in [9.17, 15) is 17.6 Å². The van der Waals surface area contributed by atoms with Gasteiger partial charge in [0.15, 0.2) is 0 Å². The van der Waals surface area contributed by atoms with Crippen molar-refractivity contribution < 1.29 is 17.6 Å². The first-order valence-corrected chi connectivity index (χ1v) is 6.15. The summed E-state index contributed by atoms with van der Waals surface area (Å²) in [5.41, 5.74) is -0.111. The van der Waals surface area contributed by atoms with Crippen LogP contribution in [0.5, 0.6) is 0 Å². The topological polar surface area (TPSA) is 89.3 Å². The van der Waals surface area contributed by atoms with Crippen molar-refractivity contribution in [1.82, 2.24) is 0 Å². The Hall–Kier alpha value is -1.73. The number of halogens is 1. The molecule has 1 amide bonds. The average Bonchev–Trinajstić information content (AvgIpc) is 2.20. The maximum Gasteiger partial charge on any atom is 0.248 e. The largest absolute Gasteiger partial charge is 0.320 e. The summed E-state index contributed by atoms with van der Waals surface area (Å²) in [7, 11) is -3.95. The zero-order valence-corrected chi connectivity index (χ0v) is 9.79. The first-order chi connectivity index (χ1) is 7.84. The highest BCUT2D eigenvalue weighted by molar-refractivity contribution is 7.89. The van der Waals surface area contributed by atoms with Gasteiger partial charge in [-0.25, -0.2) is 17.9 Å². The number of hydrogen-bond donors (Lipinski definition) is 2. The molecule has 0 fully saturated rings. The highest BCUT2D eigenvalue weighted by atomic mass is 32.2. The molecule has 1 aromatic carbocycles. The number of sulfonamides is 1. The monoisotopic (exact) mass is 258 g/mol. The van der Waals surface area contributed by atoms with Gasteiger partial charge in [-0.3, -0.25) is 4.79 Å².